The van der Waals surface area contributed by atoms with Crippen LogP contribution in [0.15, 0.2) is 6.07 Å². The van der Waals surface area contributed by atoms with Crippen LogP contribution < -0.4 is 10.6 Å². The summed E-state index contributed by atoms with van der Waals surface area (Å²) in [6, 6.07) is 1.93. The van der Waals surface area contributed by atoms with Crippen molar-refractivity contribution < 1.29 is 4.79 Å². The molecule has 0 bridgehead atoms. The summed E-state index contributed by atoms with van der Waals surface area (Å²) >= 11 is 0. The van der Waals surface area contributed by atoms with Crippen LogP contribution in [0.2, 0.25) is 0 Å². The van der Waals surface area contributed by atoms with Crippen LogP contribution in [0.5, 0.6) is 0 Å². The molecule has 1 aliphatic heterocycles. The molecule has 1 amide bonds. The Kier molecular flexibility index (Phi) is 3.09. The van der Waals surface area contributed by atoms with Crippen LogP contribution in [0, 0.1) is 18.3 Å². The molecule has 2 atom stereocenters. The van der Waals surface area contributed by atoms with Crippen LogP contribution in [0.4, 0.5) is 5.82 Å². The number of amides is 1. The van der Waals surface area contributed by atoms with Crippen LogP contribution in [0.3, 0.4) is 0 Å². The summed E-state index contributed by atoms with van der Waals surface area (Å²) in [5.41, 5.74) is 0.733. The van der Waals surface area contributed by atoms with Crippen molar-refractivity contribution >= 4 is 11.7 Å². The second kappa shape index (κ2) is 4.63. The summed E-state index contributed by atoms with van der Waals surface area (Å²) < 4.78 is 1.74. The summed E-state index contributed by atoms with van der Waals surface area (Å²) in [7, 11) is 1.87. The number of nitrogens with zero attached hydrogens (tertiary/aromatic N) is 2. The SMILES string of the molecule is Cc1cc(NC(=O)[C@@]23CCCC[C@H]2CNC3)n(C)n1. The van der Waals surface area contributed by atoms with Gasteiger partial charge >= 0.3 is 0 Å². The third-order valence-corrected chi connectivity index (χ3v) is 4.73. The van der Waals surface area contributed by atoms with E-state index in [-0.39, 0.29) is 11.3 Å². The van der Waals surface area contributed by atoms with E-state index in [1.165, 1.54) is 12.8 Å². The van der Waals surface area contributed by atoms with Crippen molar-refractivity contribution in [2.75, 3.05) is 18.4 Å². The van der Waals surface area contributed by atoms with Crippen molar-refractivity contribution in [1.29, 1.82) is 0 Å². The van der Waals surface area contributed by atoms with Gasteiger partial charge in [-0.2, -0.15) is 5.10 Å². The highest BCUT2D eigenvalue weighted by molar-refractivity contribution is 5.95. The summed E-state index contributed by atoms with van der Waals surface area (Å²) in [6.07, 6.45) is 4.60. The summed E-state index contributed by atoms with van der Waals surface area (Å²) in [5, 5.41) is 10.8. The lowest BCUT2D eigenvalue weighted by atomic mass is 9.67. The molecule has 2 aliphatic rings. The van der Waals surface area contributed by atoms with E-state index in [1.807, 2.05) is 20.0 Å². The molecule has 1 saturated heterocycles. The molecule has 2 N–H and O–H groups in total. The minimum absolute atomic E-state index is 0.171. The van der Waals surface area contributed by atoms with Crippen LogP contribution >= 0.6 is 0 Å². The molecule has 3 rings (SSSR count). The molecule has 2 fully saturated rings. The van der Waals surface area contributed by atoms with E-state index in [9.17, 15) is 4.79 Å². The van der Waals surface area contributed by atoms with E-state index in [1.54, 1.807) is 4.68 Å². The van der Waals surface area contributed by atoms with E-state index in [2.05, 4.69) is 15.7 Å². The Labute approximate surface area is 113 Å². The van der Waals surface area contributed by atoms with E-state index in [0.29, 0.717) is 5.92 Å². The first-order chi connectivity index (χ1) is 9.12. The molecule has 5 nitrogen and oxygen atoms in total. The quantitative estimate of drug-likeness (QED) is 0.848. The largest absolute Gasteiger partial charge is 0.315 e. The molecule has 1 aliphatic carbocycles. The minimum Gasteiger partial charge on any atom is -0.315 e. The van der Waals surface area contributed by atoms with E-state index in [4.69, 9.17) is 0 Å². The number of hydrogen-bond acceptors (Lipinski definition) is 3. The Bertz CT molecular complexity index is 496. The zero-order valence-electron chi connectivity index (χ0n) is 11.7. The van der Waals surface area contributed by atoms with Crippen molar-refractivity contribution in [3.63, 3.8) is 0 Å². The van der Waals surface area contributed by atoms with Crippen molar-refractivity contribution in [3.8, 4) is 0 Å². The van der Waals surface area contributed by atoms with Gasteiger partial charge in [0.15, 0.2) is 0 Å². The Hall–Kier alpha value is -1.36. The van der Waals surface area contributed by atoms with Gasteiger partial charge in [0.25, 0.3) is 0 Å². The number of fused-ring (bicyclic) bond motifs is 1. The Morgan fingerprint density at radius 3 is 3.16 bits per heavy atom. The van der Waals surface area contributed by atoms with E-state index < -0.39 is 0 Å². The molecule has 5 heteroatoms. The fourth-order valence-electron chi connectivity index (χ4n) is 3.66. The average molecular weight is 262 g/mol. The fraction of sp³-hybridized carbons (Fsp3) is 0.714. The van der Waals surface area contributed by atoms with Gasteiger partial charge in [0, 0.05) is 19.7 Å². The number of aromatic nitrogens is 2. The number of anilines is 1. The Morgan fingerprint density at radius 2 is 2.42 bits per heavy atom. The highest BCUT2D eigenvalue weighted by atomic mass is 16.2. The first kappa shape index (κ1) is 12.7. The number of hydrogen-bond donors (Lipinski definition) is 2. The fourth-order valence-corrected chi connectivity index (χ4v) is 3.66. The van der Waals surface area contributed by atoms with Crippen molar-refractivity contribution in [3.05, 3.63) is 11.8 Å². The molecule has 1 aromatic heterocycles. The smallest absolute Gasteiger partial charge is 0.233 e. The van der Waals surface area contributed by atoms with E-state index in [0.717, 1.165) is 37.4 Å². The Morgan fingerprint density at radius 1 is 1.58 bits per heavy atom. The molecule has 0 unspecified atom stereocenters. The summed E-state index contributed by atoms with van der Waals surface area (Å²) in [4.78, 5) is 12.7. The van der Waals surface area contributed by atoms with Crippen molar-refractivity contribution in [2.24, 2.45) is 18.4 Å². The summed E-state index contributed by atoms with van der Waals surface area (Å²) in [6.45, 7) is 3.74. The van der Waals surface area contributed by atoms with Gasteiger partial charge in [0.05, 0.1) is 11.1 Å². The molecular formula is C14H22N4O. The van der Waals surface area contributed by atoms with Crippen molar-refractivity contribution in [1.82, 2.24) is 15.1 Å². The Balaban J connectivity index is 1.81. The van der Waals surface area contributed by atoms with Crippen LogP contribution in [0.1, 0.15) is 31.4 Å². The number of aryl methyl sites for hydroxylation is 2. The third-order valence-electron chi connectivity index (χ3n) is 4.73. The maximum Gasteiger partial charge on any atom is 0.233 e. The topological polar surface area (TPSA) is 59.0 Å². The highest BCUT2D eigenvalue weighted by Crippen LogP contribution is 2.44. The van der Waals surface area contributed by atoms with Gasteiger partial charge in [-0.3, -0.25) is 9.48 Å². The third kappa shape index (κ3) is 2.06. The first-order valence-electron chi connectivity index (χ1n) is 7.15. The molecule has 104 valence electrons. The van der Waals surface area contributed by atoms with Crippen LogP contribution in [-0.2, 0) is 11.8 Å². The van der Waals surface area contributed by atoms with Gasteiger partial charge in [0.1, 0.15) is 5.82 Å². The maximum atomic E-state index is 12.7. The van der Waals surface area contributed by atoms with E-state index >= 15 is 0 Å². The van der Waals surface area contributed by atoms with Gasteiger partial charge in [-0.25, -0.2) is 0 Å². The molecular weight excluding hydrogens is 240 g/mol. The number of carbonyl (C=O) groups is 1. The molecule has 0 aromatic carbocycles. The second-order valence-corrected chi connectivity index (χ2v) is 5.98. The maximum absolute atomic E-state index is 12.7. The number of rotatable bonds is 2. The highest BCUT2D eigenvalue weighted by Gasteiger charge is 2.49. The van der Waals surface area contributed by atoms with Crippen LogP contribution in [0.25, 0.3) is 0 Å². The van der Waals surface area contributed by atoms with Crippen LogP contribution in [-0.4, -0.2) is 28.8 Å². The predicted octanol–water partition coefficient (Wildman–Crippen LogP) is 1.45. The second-order valence-electron chi connectivity index (χ2n) is 5.98. The monoisotopic (exact) mass is 262 g/mol. The standard InChI is InChI=1S/C14H22N4O/c1-10-7-12(18(2)17-10)16-13(19)14-6-4-3-5-11(14)8-15-9-14/h7,11,15H,3-6,8-9H2,1-2H3,(H,16,19)/t11-,14+/m0/s1. The molecule has 1 aromatic rings. The number of nitrogens with one attached hydrogen (secondary N) is 2. The van der Waals surface area contributed by atoms with Gasteiger partial charge in [-0.1, -0.05) is 12.8 Å². The van der Waals surface area contributed by atoms with Gasteiger partial charge < -0.3 is 10.6 Å². The lowest BCUT2D eigenvalue weighted by Gasteiger charge is -2.37. The zero-order valence-corrected chi connectivity index (χ0v) is 11.7. The molecule has 2 heterocycles. The minimum atomic E-state index is -0.198. The predicted molar refractivity (Wildman–Crippen MR) is 73.8 cm³/mol. The van der Waals surface area contributed by atoms with Gasteiger partial charge in [-0.05, 0) is 32.2 Å². The van der Waals surface area contributed by atoms with Gasteiger partial charge in [0.2, 0.25) is 5.91 Å². The molecule has 1 saturated carbocycles. The molecule has 0 spiro atoms. The normalized spacial score (nSPS) is 30.1. The van der Waals surface area contributed by atoms with Gasteiger partial charge in [-0.15, -0.1) is 0 Å². The van der Waals surface area contributed by atoms with Crippen molar-refractivity contribution in [2.45, 2.75) is 32.6 Å². The lowest BCUT2D eigenvalue weighted by molar-refractivity contribution is -0.128. The summed E-state index contributed by atoms with van der Waals surface area (Å²) in [5.74, 6) is 1.47. The molecule has 19 heavy (non-hydrogen) atoms. The zero-order chi connectivity index (χ0) is 13.5. The molecule has 0 radical (unpaired) electrons. The number of carbonyl (C=O) groups excluding carboxylic acids is 1. The lowest BCUT2D eigenvalue weighted by Crippen LogP contribution is -2.44. The first-order valence-corrected chi connectivity index (χ1v) is 7.15. The average Bonchev–Trinajstić information content (AvgIpc) is 2.94.